The van der Waals surface area contributed by atoms with E-state index in [9.17, 15) is 8.42 Å². The fourth-order valence-electron chi connectivity index (χ4n) is 2.99. The molecular formula is C15H20BrN5O3S. The average molecular weight is 430 g/mol. The fraction of sp³-hybridized carbons (Fsp3) is 0.533. The summed E-state index contributed by atoms with van der Waals surface area (Å²) in [5.74, 6) is 0. The Balaban J connectivity index is 1.79. The SMILES string of the molecule is Cc1nn(C)c(C)c1S(=O)(=O)N1CCCC(Oc2ncc(Br)cn2)C1. The summed E-state index contributed by atoms with van der Waals surface area (Å²) < 4.78 is 35.7. The van der Waals surface area contributed by atoms with Crippen LogP contribution >= 0.6 is 15.9 Å². The highest BCUT2D eigenvalue weighted by Crippen LogP contribution is 2.26. The van der Waals surface area contributed by atoms with E-state index in [0.717, 1.165) is 17.3 Å². The molecule has 0 spiro atoms. The van der Waals surface area contributed by atoms with Crippen molar-refractivity contribution < 1.29 is 13.2 Å². The lowest BCUT2D eigenvalue weighted by molar-refractivity contribution is 0.119. The predicted octanol–water partition coefficient (Wildman–Crippen LogP) is 1.82. The third kappa shape index (κ3) is 3.70. The Morgan fingerprint density at radius 3 is 2.56 bits per heavy atom. The summed E-state index contributed by atoms with van der Waals surface area (Å²) in [6.07, 6.45) is 4.40. The van der Waals surface area contributed by atoms with Gasteiger partial charge >= 0.3 is 6.01 Å². The van der Waals surface area contributed by atoms with Crippen LogP contribution in [0.4, 0.5) is 0 Å². The minimum Gasteiger partial charge on any atom is -0.459 e. The van der Waals surface area contributed by atoms with Crippen molar-refractivity contribution in [3.63, 3.8) is 0 Å². The van der Waals surface area contributed by atoms with Crippen molar-refractivity contribution in [2.45, 2.75) is 37.7 Å². The third-order valence-corrected chi connectivity index (χ3v) is 6.78. The average Bonchev–Trinajstić information content (AvgIpc) is 2.83. The van der Waals surface area contributed by atoms with Gasteiger partial charge in [-0.15, -0.1) is 0 Å². The van der Waals surface area contributed by atoms with Gasteiger partial charge in [0.25, 0.3) is 0 Å². The zero-order valence-electron chi connectivity index (χ0n) is 14.3. The van der Waals surface area contributed by atoms with Gasteiger partial charge in [0.05, 0.1) is 22.4 Å². The molecule has 0 amide bonds. The zero-order chi connectivity index (χ0) is 18.2. The highest BCUT2D eigenvalue weighted by atomic mass is 79.9. The molecule has 136 valence electrons. The predicted molar refractivity (Wildman–Crippen MR) is 94.8 cm³/mol. The molecule has 25 heavy (non-hydrogen) atoms. The Hall–Kier alpha value is -1.52. The smallest absolute Gasteiger partial charge is 0.316 e. The van der Waals surface area contributed by atoms with Crippen molar-refractivity contribution in [1.82, 2.24) is 24.1 Å². The molecule has 8 nitrogen and oxygen atoms in total. The van der Waals surface area contributed by atoms with E-state index >= 15 is 0 Å². The lowest BCUT2D eigenvalue weighted by Gasteiger charge is -2.31. The molecule has 0 aliphatic carbocycles. The van der Waals surface area contributed by atoms with Gasteiger partial charge in [0.15, 0.2) is 0 Å². The summed E-state index contributed by atoms with van der Waals surface area (Å²) in [5, 5.41) is 4.22. The van der Waals surface area contributed by atoms with E-state index < -0.39 is 10.0 Å². The highest BCUT2D eigenvalue weighted by Gasteiger charge is 2.35. The van der Waals surface area contributed by atoms with Gasteiger partial charge in [0.2, 0.25) is 10.0 Å². The molecule has 1 saturated heterocycles. The first-order chi connectivity index (χ1) is 11.8. The Labute approximate surface area is 155 Å². The van der Waals surface area contributed by atoms with Crippen molar-refractivity contribution in [3.05, 3.63) is 28.3 Å². The Morgan fingerprint density at radius 2 is 1.96 bits per heavy atom. The maximum absolute atomic E-state index is 13.1. The number of hydrogen-bond donors (Lipinski definition) is 0. The van der Waals surface area contributed by atoms with E-state index in [1.807, 2.05) is 0 Å². The Kier molecular flexibility index (Phi) is 5.12. The quantitative estimate of drug-likeness (QED) is 0.735. The van der Waals surface area contributed by atoms with Crippen LogP contribution in [0.5, 0.6) is 6.01 Å². The van der Waals surface area contributed by atoms with E-state index in [2.05, 4.69) is 31.0 Å². The standard InChI is InChI=1S/C15H20BrN5O3S/c1-10-14(11(2)20(3)19-10)25(22,23)21-6-4-5-13(9-21)24-15-17-7-12(16)8-18-15/h7-8,13H,4-6,9H2,1-3H3. The number of piperidine rings is 1. The summed E-state index contributed by atoms with van der Waals surface area (Å²) >= 11 is 3.27. The molecule has 1 fully saturated rings. The number of sulfonamides is 1. The first-order valence-electron chi connectivity index (χ1n) is 7.93. The van der Waals surface area contributed by atoms with Crippen molar-refractivity contribution in [2.75, 3.05) is 13.1 Å². The van der Waals surface area contributed by atoms with Crippen LogP contribution in [0.2, 0.25) is 0 Å². The summed E-state index contributed by atoms with van der Waals surface area (Å²) in [6, 6.07) is 0.251. The van der Waals surface area contributed by atoms with E-state index in [-0.39, 0.29) is 23.6 Å². The molecule has 0 bridgehead atoms. The second-order valence-corrected chi connectivity index (χ2v) is 8.84. The number of aromatic nitrogens is 4. The summed E-state index contributed by atoms with van der Waals surface area (Å²) in [7, 11) is -1.87. The number of hydrogen-bond acceptors (Lipinski definition) is 6. The van der Waals surface area contributed by atoms with Gasteiger partial charge in [-0.2, -0.15) is 9.40 Å². The van der Waals surface area contributed by atoms with Crippen molar-refractivity contribution in [3.8, 4) is 6.01 Å². The molecule has 1 atom stereocenters. The van der Waals surface area contributed by atoms with E-state index in [0.29, 0.717) is 17.9 Å². The van der Waals surface area contributed by atoms with Crippen molar-refractivity contribution >= 4 is 26.0 Å². The normalized spacial score (nSPS) is 19.1. The van der Waals surface area contributed by atoms with Crippen LogP contribution < -0.4 is 4.74 Å². The van der Waals surface area contributed by atoms with Gasteiger partial charge in [-0.1, -0.05) is 0 Å². The van der Waals surface area contributed by atoms with Crippen molar-refractivity contribution in [1.29, 1.82) is 0 Å². The third-order valence-electron chi connectivity index (χ3n) is 4.25. The minimum atomic E-state index is -3.61. The van der Waals surface area contributed by atoms with Crippen LogP contribution in [0, 0.1) is 13.8 Å². The maximum atomic E-state index is 13.1. The molecule has 2 aromatic heterocycles. The Morgan fingerprint density at radius 1 is 1.28 bits per heavy atom. The first-order valence-corrected chi connectivity index (χ1v) is 10.2. The minimum absolute atomic E-state index is 0.251. The molecule has 3 rings (SSSR count). The summed E-state index contributed by atoms with van der Waals surface area (Å²) in [6.45, 7) is 4.22. The monoisotopic (exact) mass is 429 g/mol. The fourth-order valence-corrected chi connectivity index (χ4v) is 5.10. The van der Waals surface area contributed by atoms with Gasteiger partial charge in [0.1, 0.15) is 11.0 Å². The molecule has 3 heterocycles. The second-order valence-electron chi connectivity index (χ2n) is 6.05. The van der Waals surface area contributed by atoms with Crippen LogP contribution in [0.1, 0.15) is 24.2 Å². The molecule has 0 N–H and O–H groups in total. The molecule has 0 radical (unpaired) electrons. The topological polar surface area (TPSA) is 90.2 Å². The van der Waals surface area contributed by atoms with Gasteiger partial charge in [-0.3, -0.25) is 4.68 Å². The lowest BCUT2D eigenvalue weighted by atomic mass is 10.1. The largest absolute Gasteiger partial charge is 0.459 e. The van der Waals surface area contributed by atoms with Crippen LogP contribution in [0.15, 0.2) is 21.8 Å². The van der Waals surface area contributed by atoms with Gasteiger partial charge in [0, 0.05) is 26.0 Å². The number of halogens is 1. The van der Waals surface area contributed by atoms with Crippen LogP contribution in [-0.4, -0.2) is 51.7 Å². The Bertz CT molecular complexity index is 866. The number of rotatable bonds is 4. The van der Waals surface area contributed by atoms with Crippen molar-refractivity contribution in [2.24, 2.45) is 7.05 Å². The molecule has 1 aliphatic rings. The number of nitrogens with zero attached hydrogens (tertiary/aromatic N) is 5. The van der Waals surface area contributed by atoms with E-state index in [1.54, 1.807) is 38.0 Å². The maximum Gasteiger partial charge on any atom is 0.316 e. The first kappa shape index (κ1) is 18.3. The number of ether oxygens (including phenoxy) is 1. The summed E-state index contributed by atoms with van der Waals surface area (Å²) in [4.78, 5) is 8.46. The van der Waals surface area contributed by atoms with Crippen LogP contribution in [-0.2, 0) is 17.1 Å². The lowest BCUT2D eigenvalue weighted by Crippen LogP contribution is -2.44. The van der Waals surface area contributed by atoms with E-state index in [4.69, 9.17) is 4.74 Å². The zero-order valence-corrected chi connectivity index (χ0v) is 16.7. The van der Waals surface area contributed by atoms with Gasteiger partial charge < -0.3 is 4.74 Å². The van der Waals surface area contributed by atoms with Crippen LogP contribution in [0.3, 0.4) is 0 Å². The molecule has 10 heteroatoms. The van der Waals surface area contributed by atoms with E-state index in [1.165, 1.54) is 4.31 Å². The molecular weight excluding hydrogens is 410 g/mol. The highest BCUT2D eigenvalue weighted by molar-refractivity contribution is 9.10. The molecule has 1 aliphatic heterocycles. The second kappa shape index (κ2) is 7.00. The van der Waals surface area contributed by atoms with Gasteiger partial charge in [-0.25, -0.2) is 18.4 Å². The molecule has 2 aromatic rings. The molecule has 0 saturated carbocycles. The number of aryl methyl sites for hydroxylation is 2. The molecule has 0 aromatic carbocycles. The summed E-state index contributed by atoms with van der Waals surface area (Å²) in [5.41, 5.74) is 1.15. The van der Waals surface area contributed by atoms with Crippen LogP contribution in [0.25, 0.3) is 0 Å². The van der Waals surface area contributed by atoms with Gasteiger partial charge in [-0.05, 0) is 42.6 Å². The molecule has 1 unspecified atom stereocenters.